The summed E-state index contributed by atoms with van der Waals surface area (Å²) in [5.74, 6) is -0.204. The van der Waals surface area contributed by atoms with Crippen molar-refractivity contribution >= 4 is 40.5 Å². The quantitative estimate of drug-likeness (QED) is 0.226. The topological polar surface area (TPSA) is 63.5 Å². The SMILES string of the molecule is CN(c1ccccc1)c1ccc(/C=C/C(=O)c2ccc(Cl)cc2)cc1[N+](=O)[O-]. The summed E-state index contributed by atoms with van der Waals surface area (Å²) in [4.78, 5) is 25.1. The van der Waals surface area contributed by atoms with E-state index in [1.807, 2.05) is 30.3 Å². The van der Waals surface area contributed by atoms with Gasteiger partial charge >= 0.3 is 0 Å². The Kier molecular flexibility index (Phi) is 5.87. The van der Waals surface area contributed by atoms with Crippen molar-refractivity contribution in [1.29, 1.82) is 0 Å². The molecule has 3 rings (SSSR count). The van der Waals surface area contributed by atoms with Crippen molar-refractivity contribution in [3.63, 3.8) is 0 Å². The van der Waals surface area contributed by atoms with E-state index in [9.17, 15) is 14.9 Å². The number of allylic oxidation sites excluding steroid dienone is 1. The lowest BCUT2D eigenvalue weighted by molar-refractivity contribution is -0.384. The van der Waals surface area contributed by atoms with Gasteiger partial charge in [0, 0.05) is 29.4 Å². The van der Waals surface area contributed by atoms with Gasteiger partial charge in [-0.25, -0.2) is 0 Å². The number of ketones is 1. The van der Waals surface area contributed by atoms with Gasteiger partial charge in [0.2, 0.25) is 0 Å². The number of para-hydroxylation sites is 1. The van der Waals surface area contributed by atoms with Crippen LogP contribution in [0.2, 0.25) is 5.02 Å². The first kappa shape index (κ1) is 19.3. The molecule has 0 unspecified atom stereocenters. The van der Waals surface area contributed by atoms with Gasteiger partial charge in [0.15, 0.2) is 5.78 Å². The first-order valence-electron chi connectivity index (χ1n) is 8.51. The Morgan fingerprint density at radius 3 is 2.36 bits per heavy atom. The van der Waals surface area contributed by atoms with Gasteiger partial charge in [-0.15, -0.1) is 0 Å². The van der Waals surface area contributed by atoms with E-state index in [-0.39, 0.29) is 11.5 Å². The predicted octanol–water partition coefficient (Wildman–Crippen LogP) is 5.91. The number of benzene rings is 3. The fourth-order valence-corrected chi connectivity index (χ4v) is 2.87. The van der Waals surface area contributed by atoms with E-state index in [4.69, 9.17) is 11.6 Å². The summed E-state index contributed by atoms with van der Waals surface area (Å²) < 4.78 is 0. The Morgan fingerprint density at radius 1 is 1.04 bits per heavy atom. The van der Waals surface area contributed by atoms with Gasteiger partial charge in [0.05, 0.1) is 4.92 Å². The van der Waals surface area contributed by atoms with Crippen molar-refractivity contribution < 1.29 is 9.72 Å². The van der Waals surface area contributed by atoms with Crippen molar-refractivity contribution in [2.75, 3.05) is 11.9 Å². The maximum Gasteiger partial charge on any atom is 0.293 e. The molecule has 5 nitrogen and oxygen atoms in total. The van der Waals surface area contributed by atoms with Crippen molar-refractivity contribution in [1.82, 2.24) is 0 Å². The fraction of sp³-hybridized carbons (Fsp3) is 0.0455. The molecule has 0 saturated heterocycles. The second kappa shape index (κ2) is 8.50. The maximum absolute atomic E-state index is 12.2. The largest absolute Gasteiger partial charge is 0.339 e. The van der Waals surface area contributed by atoms with Gasteiger partial charge in [-0.3, -0.25) is 14.9 Å². The molecular formula is C22H17ClN2O3. The third-order valence-electron chi connectivity index (χ3n) is 4.26. The number of hydrogen-bond acceptors (Lipinski definition) is 4. The third kappa shape index (κ3) is 4.45. The number of nitrogens with zero attached hydrogens (tertiary/aromatic N) is 2. The van der Waals surface area contributed by atoms with Crippen LogP contribution in [0.25, 0.3) is 6.08 Å². The van der Waals surface area contributed by atoms with E-state index in [1.165, 1.54) is 12.1 Å². The highest BCUT2D eigenvalue weighted by Crippen LogP contribution is 2.33. The zero-order valence-corrected chi connectivity index (χ0v) is 15.8. The molecular weight excluding hydrogens is 376 g/mol. The normalized spacial score (nSPS) is 10.8. The van der Waals surface area contributed by atoms with Crippen LogP contribution in [0, 0.1) is 10.1 Å². The number of rotatable bonds is 6. The summed E-state index contributed by atoms with van der Waals surface area (Å²) in [6.45, 7) is 0. The van der Waals surface area contributed by atoms with Crippen LogP contribution < -0.4 is 4.90 Å². The van der Waals surface area contributed by atoms with Crippen LogP contribution in [0.4, 0.5) is 17.1 Å². The van der Waals surface area contributed by atoms with Gasteiger partial charge in [0.25, 0.3) is 5.69 Å². The first-order chi connectivity index (χ1) is 13.5. The second-order valence-corrected chi connectivity index (χ2v) is 6.54. The monoisotopic (exact) mass is 392 g/mol. The van der Waals surface area contributed by atoms with Gasteiger partial charge in [-0.1, -0.05) is 41.9 Å². The smallest absolute Gasteiger partial charge is 0.293 e. The second-order valence-electron chi connectivity index (χ2n) is 6.10. The summed E-state index contributed by atoms with van der Waals surface area (Å²) in [6, 6.07) is 20.8. The zero-order chi connectivity index (χ0) is 20.1. The molecule has 0 amide bonds. The molecule has 28 heavy (non-hydrogen) atoms. The van der Waals surface area contributed by atoms with Crippen LogP contribution in [-0.2, 0) is 0 Å². The van der Waals surface area contributed by atoms with Gasteiger partial charge in [-0.05, 0) is 54.1 Å². The molecule has 0 atom stereocenters. The molecule has 0 bridgehead atoms. The lowest BCUT2D eigenvalue weighted by Gasteiger charge is -2.19. The van der Waals surface area contributed by atoms with Gasteiger partial charge in [0.1, 0.15) is 5.69 Å². The molecule has 0 aliphatic carbocycles. The molecule has 140 valence electrons. The average molecular weight is 393 g/mol. The number of carbonyl (C=O) groups is 1. The van der Waals surface area contributed by atoms with E-state index < -0.39 is 4.92 Å². The molecule has 0 saturated carbocycles. The maximum atomic E-state index is 12.2. The molecule has 0 aromatic heterocycles. The van der Waals surface area contributed by atoms with E-state index in [0.717, 1.165) is 5.69 Å². The Hall–Kier alpha value is -3.44. The minimum absolute atomic E-state index is 0.0348. The molecule has 0 aliphatic rings. The minimum Gasteiger partial charge on any atom is -0.339 e. The summed E-state index contributed by atoms with van der Waals surface area (Å²) in [5, 5.41) is 12.1. The molecule has 0 aliphatic heterocycles. The van der Waals surface area contributed by atoms with Crippen LogP contribution >= 0.6 is 11.6 Å². The highest BCUT2D eigenvalue weighted by Gasteiger charge is 2.18. The number of nitro groups is 1. The number of halogens is 1. The van der Waals surface area contributed by atoms with E-state index in [0.29, 0.717) is 21.8 Å². The van der Waals surface area contributed by atoms with Crippen LogP contribution in [0.5, 0.6) is 0 Å². The molecule has 3 aromatic rings. The predicted molar refractivity (Wildman–Crippen MR) is 112 cm³/mol. The van der Waals surface area contributed by atoms with E-state index >= 15 is 0 Å². The molecule has 0 fully saturated rings. The van der Waals surface area contributed by atoms with Crippen molar-refractivity contribution in [2.45, 2.75) is 0 Å². The Labute approximate surface area is 167 Å². The molecule has 3 aromatic carbocycles. The minimum atomic E-state index is -0.423. The average Bonchev–Trinajstić information content (AvgIpc) is 2.72. The zero-order valence-electron chi connectivity index (χ0n) is 15.1. The number of anilines is 2. The van der Waals surface area contributed by atoms with Crippen molar-refractivity contribution in [3.8, 4) is 0 Å². The molecule has 0 radical (unpaired) electrons. The van der Waals surface area contributed by atoms with Crippen LogP contribution in [0.1, 0.15) is 15.9 Å². The number of carbonyl (C=O) groups excluding carboxylic acids is 1. The Morgan fingerprint density at radius 2 is 1.71 bits per heavy atom. The summed E-state index contributed by atoms with van der Waals surface area (Å²) in [5.41, 5.74) is 2.34. The lowest BCUT2D eigenvalue weighted by atomic mass is 10.1. The third-order valence-corrected chi connectivity index (χ3v) is 4.51. The highest BCUT2D eigenvalue weighted by atomic mass is 35.5. The first-order valence-corrected chi connectivity index (χ1v) is 8.89. The van der Waals surface area contributed by atoms with Crippen molar-refractivity contribution in [2.24, 2.45) is 0 Å². The van der Waals surface area contributed by atoms with Crippen LogP contribution in [-0.4, -0.2) is 17.8 Å². The summed E-state index contributed by atoms with van der Waals surface area (Å²) >= 11 is 5.82. The Balaban J connectivity index is 1.87. The van der Waals surface area contributed by atoms with Crippen LogP contribution in [0.15, 0.2) is 78.9 Å². The standard InChI is InChI=1S/C22H17ClN2O3/c1-24(19-5-3-2-4-6-19)20-13-7-16(15-21(20)25(27)28)8-14-22(26)17-9-11-18(23)12-10-17/h2-15H,1H3/b14-8+. The molecule has 0 heterocycles. The number of nitro benzene ring substituents is 1. The van der Waals surface area contributed by atoms with Gasteiger partial charge < -0.3 is 4.90 Å². The summed E-state index contributed by atoms with van der Waals surface area (Å²) in [6.07, 6.45) is 2.96. The lowest BCUT2D eigenvalue weighted by Crippen LogP contribution is -2.11. The Bertz CT molecular complexity index is 1030. The van der Waals surface area contributed by atoms with E-state index in [2.05, 4.69) is 0 Å². The number of hydrogen-bond donors (Lipinski definition) is 0. The van der Waals surface area contributed by atoms with Gasteiger partial charge in [-0.2, -0.15) is 0 Å². The molecule has 6 heteroatoms. The summed E-state index contributed by atoms with van der Waals surface area (Å²) in [7, 11) is 1.78. The molecule has 0 spiro atoms. The van der Waals surface area contributed by atoms with Crippen molar-refractivity contribution in [3.05, 3.63) is 105 Å². The highest BCUT2D eigenvalue weighted by molar-refractivity contribution is 6.30. The molecule has 0 N–H and O–H groups in total. The van der Waals surface area contributed by atoms with E-state index in [1.54, 1.807) is 54.4 Å². The van der Waals surface area contributed by atoms with Crippen LogP contribution in [0.3, 0.4) is 0 Å². The fourth-order valence-electron chi connectivity index (χ4n) is 2.75.